The number of carbonyl (C=O) groups excluding carboxylic acids is 1. The fourth-order valence-corrected chi connectivity index (χ4v) is 4.57. The molecule has 0 bridgehead atoms. The Morgan fingerprint density at radius 2 is 2.11 bits per heavy atom. The molecule has 0 atom stereocenters. The average molecular weight is 410 g/mol. The van der Waals surface area contributed by atoms with Gasteiger partial charge < -0.3 is 5.32 Å². The molecule has 142 valence electrons. The number of carbonyl (C=O) groups is 1. The fraction of sp³-hybridized carbons (Fsp3) is 0.200. The lowest BCUT2D eigenvalue weighted by molar-refractivity contribution is -0.113. The van der Waals surface area contributed by atoms with Crippen LogP contribution < -0.4 is 5.32 Å². The molecule has 0 saturated carbocycles. The second-order valence-electron chi connectivity index (χ2n) is 6.22. The van der Waals surface area contributed by atoms with Gasteiger partial charge in [0.1, 0.15) is 6.33 Å². The summed E-state index contributed by atoms with van der Waals surface area (Å²) in [5.41, 5.74) is 3.99. The summed E-state index contributed by atoms with van der Waals surface area (Å²) < 4.78 is 3.00. The molecule has 4 aromatic rings. The predicted octanol–water partition coefficient (Wildman–Crippen LogP) is 4.48. The summed E-state index contributed by atoms with van der Waals surface area (Å²) in [5, 5.41) is 12.9. The standard InChI is InChI=1S/C20H19N5OS2/c1-3-14-6-4-5-7-17(14)25-12-21-24-20(25)27-11-19(26)23-15-8-9-16-18(10-15)28-13(2)22-16/h4-10,12H,3,11H2,1-2H3,(H,23,26). The normalized spacial score (nSPS) is 11.1. The second-order valence-corrected chi connectivity index (χ2v) is 8.40. The van der Waals surface area contributed by atoms with Crippen molar-refractivity contribution in [1.29, 1.82) is 0 Å². The first-order valence-electron chi connectivity index (χ1n) is 8.92. The molecular formula is C20H19N5OS2. The number of aryl methyl sites for hydroxylation is 2. The van der Waals surface area contributed by atoms with Crippen molar-refractivity contribution >= 4 is 44.9 Å². The third kappa shape index (κ3) is 3.93. The van der Waals surface area contributed by atoms with Gasteiger partial charge in [-0.15, -0.1) is 21.5 Å². The Kier molecular flexibility index (Phi) is 5.40. The summed E-state index contributed by atoms with van der Waals surface area (Å²) in [6.45, 7) is 4.09. The third-order valence-corrected chi connectivity index (χ3v) is 6.14. The minimum atomic E-state index is -0.0797. The van der Waals surface area contributed by atoms with Gasteiger partial charge >= 0.3 is 0 Å². The molecule has 2 heterocycles. The molecule has 0 aliphatic carbocycles. The number of rotatable bonds is 6. The summed E-state index contributed by atoms with van der Waals surface area (Å²) in [7, 11) is 0. The molecule has 1 amide bonds. The number of amides is 1. The second kappa shape index (κ2) is 8.12. The zero-order valence-corrected chi connectivity index (χ0v) is 17.2. The molecule has 28 heavy (non-hydrogen) atoms. The Balaban J connectivity index is 1.44. The third-order valence-electron chi connectivity index (χ3n) is 4.26. The highest BCUT2D eigenvalue weighted by molar-refractivity contribution is 7.99. The molecule has 0 spiro atoms. The number of hydrogen-bond acceptors (Lipinski definition) is 6. The highest BCUT2D eigenvalue weighted by Crippen LogP contribution is 2.26. The SMILES string of the molecule is CCc1ccccc1-n1cnnc1SCC(=O)Nc1ccc2nc(C)sc2c1. The Labute approximate surface area is 171 Å². The molecule has 0 fully saturated rings. The minimum absolute atomic E-state index is 0.0797. The van der Waals surface area contributed by atoms with Gasteiger partial charge in [-0.2, -0.15) is 0 Å². The lowest BCUT2D eigenvalue weighted by Gasteiger charge is -2.10. The van der Waals surface area contributed by atoms with E-state index in [0.29, 0.717) is 5.16 Å². The van der Waals surface area contributed by atoms with Crippen LogP contribution >= 0.6 is 23.1 Å². The van der Waals surface area contributed by atoms with Crippen LogP contribution in [0.5, 0.6) is 0 Å². The maximum Gasteiger partial charge on any atom is 0.234 e. The van der Waals surface area contributed by atoms with Crippen molar-refractivity contribution in [2.24, 2.45) is 0 Å². The Morgan fingerprint density at radius 1 is 1.25 bits per heavy atom. The molecular weight excluding hydrogens is 390 g/mol. The van der Waals surface area contributed by atoms with Gasteiger partial charge in [-0.1, -0.05) is 36.9 Å². The van der Waals surface area contributed by atoms with Gasteiger partial charge in [0, 0.05) is 5.69 Å². The molecule has 1 N–H and O–H groups in total. The van der Waals surface area contributed by atoms with Crippen LogP contribution in [0.25, 0.3) is 15.9 Å². The van der Waals surface area contributed by atoms with Crippen LogP contribution in [-0.4, -0.2) is 31.4 Å². The number of fused-ring (bicyclic) bond motifs is 1. The molecule has 6 nitrogen and oxygen atoms in total. The van der Waals surface area contributed by atoms with E-state index in [9.17, 15) is 4.79 Å². The largest absolute Gasteiger partial charge is 0.325 e. The topological polar surface area (TPSA) is 72.7 Å². The van der Waals surface area contributed by atoms with Crippen molar-refractivity contribution in [3.63, 3.8) is 0 Å². The van der Waals surface area contributed by atoms with E-state index in [1.165, 1.54) is 17.3 Å². The quantitative estimate of drug-likeness (QED) is 0.476. The van der Waals surface area contributed by atoms with Gasteiger partial charge in [-0.25, -0.2) is 4.98 Å². The van der Waals surface area contributed by atoms with Crippen molar-refractivity contribution in [3.8, 4) is 5.69 Å². The Morgan fingerprint density at radius 3 is 2.96 bits per heavy atom. The summed E-state index contributed by atoms with van der Waals surface area (Å²) in [5.74, 6) is 0.177. The maximum atomic E-state index is 12.4. The number of thiazole rings is 1. The van der Waals surface area contributed by atoms with E-state index >= 15 is 0 Å². The molecule has 0 radical (unpaired) electrons. The maximum absolute atomic E-state index is 12.4. The number of para-hydroxylation sites is 1. The molecule has 2 aromatic heterocycles. The molecule has 2 aromatic carbocycles. The first kappa shape index (κ1) is 18.6. The smallest absolute Gasteiger partial charge is 0.234 e. The zero-order chi connectivity index (χ0) is 19.5. The predicted molar refractivity (Wildman–Crippen MR) is 114 cm³/mol. The molecule has 8 heteroatoms. The van der Waals surface area contributed by atoms with E-state index in [2.05, 4.69) is 33.5 Å². The van der Waals surface area contributed by atoms with Gasteiger partial charge in [0.15, 0.2) is 5.16 Å². The van der Waals surface area contributed by atoms with E-state index in [-0.39, 0.29) is 11.7 Å². The van der Waals surface area contributed by atoms with Crippen LogP contribution in [0.2, 0.25) is 0 Å². The summed E-state index contributed by atoms with van der Waals surface area (Å²) in [4.78, 5) is 16.9. The van der Waals surface area contributed by atoms with E-state index in [1.54, 1.807) is 17.7 Å². The highest BCUT2D eigenvalue weighted by atomic mass is 32.2. The molecule has 0 aliphatic heterocycles. The molecule has 0 aliphatic rings. The Bertz CT molecular complexity index is 1130. The Hall–Kier alpha value is -2.71. The van der Waals surface area contributed by atoms with Crippen molar-refractivity contribution in [2.45, 2.75) is 25.4 Å². The monoisotopic (exact) mass is 409 g/mol. The first-order chi connectivity index (χ1) is 13.6. The van der Waals surface area contributed by atoms with E-state index in [4.69, 9.17) is 0 Å². The number of nitrogens with one attached hydrogen (secondary N) is 1. The van der Waals surface area contributed by atoms with Gasteiger partial charge in [-0.05, 0) is 43.2 Å². The fourth-order valence-electron chi connectivity index (χ4n) is 2.98. The first-order valence-corrected chi connectivity index (χ1v) is 10.7. The van der Waals surface area contributed by atoms with Gasteiger partial charge in [0.05, 0.1) is 26.7 Å². The molecule has 4 rings (SSSR count). The number of hydrogen-bond donors (Lipinski definition) is 1. The summed E-state index contributed by atoms with van der Waals surface area (Å²) in [6.07, 6.45) is 2.60. The minimum Gasteiger partial charge on any atom is -0.325 e. The van der Waals surface area contributed by atoms with Crippen LogP contribution in [0.3, 0.4) is 0 Å². The van der Waals surface area contributed by atoms with Crippen molar-refractivity contribution in [3.05, 3.63) is 59.4 Å². The highest BCUT2D eigenvalue weighted by Gasteiger charge is 2.12. The lowest BCUT2D eigenvalue weighted by Crippen LogP contribution is -2.14. The number of aromatic nitrogens is 4. The van der Waals surface area contributed by atoms with Crippen LogP contribution in [0, 0.1) is 6.92 Å². The number of anilines is 1. The van der Waals surface area contributed by atoms with Gasteiger partial charge in [0.25, 0.3) is 0 Å². The van der Waals surface area contributed by atoms with E-state index in [0.717, 1.165) is 33.0 Å². The zero-order valence-electron chi connectivity index (χ0n) is 15.5. The lowest BCUT2D eigenvalue weighted by atomic mass is 10.1. The number of nitrogens with zero attached hydrogens (tertiary/aromatic N) is 4. The van der Waals surface area contributed by atoms with E-state index in [1.807, 2.05) is 47.9 Å². The average Bonchev–Trinajstić information content (AvgIpc) is 3.31. The number of thioether (sulfide) groups is 1. The van der Waals surface area contributed by atoms with Crippen molar-refractivity contribution in [2.75, 3.05) is 11.1 Å². The van der Waals surface area contributed by atoms with Crippen LogP contribution in [-0.2, 0) is 11.2 Å². The van der Waals surface area contributed by atoms with Crippen molar-refractivity contribution < 1.29 is 4.79 Å². The van der Waals surface area contributed by atoms with Gasteiger partial charge in [-0.3, -0.25) is 9.36 Å². The summed E-state index contributed by atoms with van der Waals surface area (Å²) in [6, 6.07) is 13.9. The number of benzene rings is 2. The van der Waals surface area contributed by atoms with Crippen LogP contribution in [0.15, 0.2) is 53.9 Å². The van der Waals surface area contributed by atoms with Crippen molar-refractivity contribution in [1.82, 2.24) is 19.7 Å². The summed E-state index contributed by atoms with van der Waals surface area (Å²) >= 11 is 2.99. The van der Waals surface area contributed by atoms with Gasteiger partial charge in [0.2, 0.25) is 5.91 Å². The van der Waals surface area contributed by atoms with Crippen LogP contribution in [0.4, 0.5) is 5.69 Å². The van der Waals surface area contributed by atoms with E-state index < -0.39 is 0 Å². The molecule has 0 saturated heterocycles. The van der Waals surface area contributed by atoms with Crippen LogP contribution in [0.1, 0.15) is 17.5 Å². The molecule has 0 unspecified atom stereocenters.